The third-order valence-electron chi connectivity index (χ3n) is 4.58. The number of hydrogen-bond donors (Lipinski definition) is 2. The fraction of sp³-hybridized carbons (Fsp3) is 0.588. The normalized spacial score (nSPS) is 20.9. The van der Waals surface area contributed by atoms with E-state index in [1.165, 1.54) is 6.42 Å². The zero-order valence-electron chi connectivity index (χ0n) is 13.2. The summed E-state index contributed by atoms with van der Waals surface area (Å²) in [6.45, 7) is 4.83. The molecular weight excluding hydrogens is 264 g/mol. The Hall–Kier alpha value is -1.55. The van der Waals surface area contributed by atoms with Gasteiger partial charge in [0, 0.05) is 12.5 Å². The summed E-state index contributed by atoms with van der Waals surface area (Å²) >= 11 is 0. The Morgan fingerprint density at radius 1 is 1.43 bits per heavy atom. The molecule has 1 aliphatic rings. The number of anilines is 1. The van der Waals surface area contributed by atoms with Gasteiger partial charge in [-0.2, -0.15) is 0 Å². The topological polar surface area (TPSA) is 64.3 Å². The van der Waals surface area contributed by atoms with E-state index in [1.54, 1.807) is 7.11 Å². The molecule has 0 aromatic heterocycles. The molecule has 21 heavy (non-hydrogen) atoms. The summed E-state index contributed by atoms with van der Waals surface area (Å²) in [6.07, 6.45) is 4.41. The van der Waals surface area contributed by atoms with Gasteiger partial charge < -0.3 is 15.8 Å². The van der Waals surface area contributed by atoms with Crippen LogP contribution in [0, 0.1) is 11.3 Å². The Labute approximate surface area is 127 Å². The van der Waals surface area contributed by atoms with Crippen LogP contribution in [0.15, 0.2) is 18.2 Å². The van der Waals surface area contributed by atoms with Crippen LogP contribution >= 0.6 is 0 Å². The first kappa shape index (κ1) is 15.8. The lowest BCUT2D eigenvalue weighted by Gasteiger charge is -2.37. The first-order valence-corrected chi connectivity index (χ1v) is 7.66. The van der Waals surface area contributed by atoms with E-state index in [-0.39, 0.29) is 17.2 Å². The van der Waals surface area contributed by atoms with Crippen molar-refractivity contribution in [2.45, 2.75) is 46.1 Å². The van der Waals surface area contributed by atoms with Crippen LogP contribution < -0.4 is 15.8 Å². The predicted molar refractivity (Wildman–Crippen MR) is 85.3 cm³/mol. The van der Waals surface area contributed by atoms with Crippen LogP contribution in [0.25, 0.3) is 0 Å². The number of hydrogen-bond acceptors (Lipinski definition) is 3. The number of amides is 1. The number of rotatable bonds is 4. The Balaban J connectivity index is 2.15. The zero-order valence-corrected chi connectivity index (χ0v) is 13.2. The van der Waals surface area contributed by atoms with E-state index in [1.807, 2.05) is 18.2 Å². The van der Waals surface area contributed by atoms with Crippen LogP contribution in [-0.4, -0.2) is 13.0 Å². The van der Waals surface area contributed by atoms with E-state index >= 15 is 0 Å². The lowest BCUT2D eigenvalue weighted by molar-refractivity contribution is -0.124. The van der Waals surface area contributed by atoms with Crippen molar-refractivity contribution in [3.05, 3.63) is 23.8 Å². The van der Waals surface area contributed by atoms with Gasteiger partial charge in [0.05, 0.1) is 12.8 Å². The Kier molecular flexibility index (Phi) is 4.88. The highest BCUT2D eigenvalue weighted by Crippen LogP contribution is 2.41. The molecule has 0 bridgehead atoms. The SMILES string of the molecule is COc1cc(CN)ccc1NC(=O)C1CCCCC1(C)C. The number of methoxy groups -OCH3 is 1. The number of benzene rings is 1. The van der Waals surface area contributed by atoms with Gasteiger partial charge >= 0.3 is 0 Å². The summed E-state index contributed by atoms with van der Waals surface area (Å²) in [5, 5.41) is 3.03. The molecule has 0 heterocycles. The molecule has 4 nitrogen and oxygen atoms in total. The summed E-state index contributed by atoms with van der Waals surface area (Å²) in [4.78, 5) is 12.6. The minimum atomic E-state index is 0.0603. The van der Waals surface area contributed by atoms with Gasteiger partial charge in [-0.15, -0.1) is 0 Å². The molecule has 1 aromatic rings. The number of carbonyl (C=O) groups is 1. The number of nitrogens with two attached hydrogens (primary N) is 1. The van der Waals surface area contributed by atoms with Gasteiger partial charge in [-0.1, -0.05) is 32.8 Å². The monoisotopic (exact) mass is 290 g/mol. The molecule has 1 unspecified atom stereocenters. The highest BCUT2D eigenvalue weighted by molar-refractivity contribution is 5.94. The molecule has 1 amide bonds. The standard InChI is InChI=1S/C17H26N2O2/c1-17(2)9-5-4-6-13(17)16(20)19-14-8-7-12(11-18)10-15(14)21-3/h7-8,10,13H,4-6,9,11,18H2,1-3H3,(H,19,20). The fourth-order valence-electron chi connectivity index (χ4n) is 3.17. The molecular formula is C17H26N2O2. The van der Waals surface area contributed by atoms with Crippen LogP contribution in [0.4, 0.5) is 5.69 Å². The lowest BCUT2D eigenvalue weighted by atomic mass is 9.68. The van der Waals surface area contributed by atoms with E-state index in [9.17, 15) is 4.79 Å². The number of ether oxygens (including phenoxy) is 1. The second-order valence-electron chi connectivity index (χ2n) is 6.51. The molecule has 0 saturated heterocycles. The summed E-state index contributed by atoms with van der Waals surface area (Å²) in [6, 6.07) is 5.67. The molecule has 2 rings (SSSR count). The quantitative estimate of drug-likeness (QED) is 0.894. The van der Waals surface area contributed by atoms with Crippen LogP contribution in [0.3, 0.4) is 0 Å². The third kappa shape index (κ3) is 3.56. The van der Waals surface area contributed by atoms with Gasteiger partial charge in [0.2, 0.25) is 5.91 Å². The van der Waals surface area contributed by atoms with Gasteiger partial charge in [-0.25, -0.2) is 0 Å². The van der Waals surface area contributed by atoms with Gasteiger partial charge in [-0.05, 0) is 36.0 Å². The van der Waals surface area contributed by atoms with Crippen LogP contribution in [-0.2, 0) is 11.3 Å². The van der Waals surface area contributed by atoms with Crippen molar-refractivity contribution < 1.29 is 9.53 Å². The second-order valence-corrected chi connectivity index (χ2v) is 6.51. The average Bonchev–Trinajstić information content (AvgIpc) is 2.47. The van der Waals surface area contributed by atoms with Crippen molar-refractivity contribution in [2.24, 2.45) is 17.1 Å². The first-order valence-electron chi connectivity index (χ1n) is 7.66. The lowest BCUT2D eigenvalue weighted by Crippen LogP contribution is -2.37. The summed E-state index contributed by atoms with van der Waals surface area (Å²) in [5.74, 6) is 0.823. The number of nitrogens with one attached hydrogen (secondary N) is 1. The van der Waals surface area contributed by atoms with Crippen molar-refractivity contribution in [1.82, 2.24) is 0 Å². The van der Waals surface area contributed by atoms with Crippen LogP contribution in [0.2, 0.25) is 0 Å². The first-order chi connectivity index (χ1) is 9.97. The fourth-order valence-corrected chi connectivity index (χ4v) is 3.17. The van der Waals surface area contributed by atoms with E-state index in [0.717, 1.165) is 30.5 Å². The Morgan fingerprint density at radius 3 is 2.81 bits per heavy atom. The second kappa shape index (κ2) is 6.48. The molecule has 4 heteroatoms. The molecule has 1 aromatic carbocycles. The highest BCUT2D eigenvalue weighted by atomic mass is 16.5. The molecule has 116 valence electrons. The molecule has 1 saturated carbocycles. The Morgan fingerprint density at radius 2 is 2.19 bits per heavy atom. The predicted octanol–water partition coefficient (Wildman–Crippen LogP) is 3.31. The maximum absolute atomic E-state index is 12.6. The molecule has 3 N–H and O–H groups in total. The van der Waals surface area contributed by atoms with E-state index in [4.69, 9.17) is 10.5 Å². The van der Waals surface area contributed by atoms with Crippen molar-refractivity contribution in [3.8, 4) is 5.75 Å². The molecule has 0 aliphatic heterocycles. The van der Waals surface area contributed by atoms with E-state index in [0.29, 0.717) is 12.3 Å². The van der Waals surface area contributed by atoms with Crippen molar-refractivity contribution in [3.63, 3.8) is 0 Å². The number of carbonyl (C=O) groups excluding carboxylic acids is 1. The average molecular weight is 290 g/mol. The van der Waals surface area contributed by atoms with Crippen LogP contribution in [0.1, 0.15) is 45.1 Å². The van der Waals surface area contributed by atoms with E-state index in [2.05, 4.69) is 19.2 Å². The van der Waals surface area contributed by atoms with Crippen molar-refractivity contribution in [2.75, 3.05) is 12.4 Å². The van der Waals surface area contributed by atoms with Gasteiger partial charge in [0.15, 0.2) is 0 Å². The van der Waals surface area contributed by atoms with Gasteiger partial charge in [-0.3, -0.25) is 4.79 Å². The Bertz CT molecular complexity index is 512. The van der Waals surface area contributed by atoms with Gasteiger partial charge in [0.1, 0.15) is 5.75 Å². The summed E-state index contributed by atoms with van der Waals surface area (Å²) in [5.41, 5.74) is 7.41. The smallest absolute Gasteiger partial charge is 0.228 e. The third-order valence-corrected chi connectivity index (χ3v) is 4.58. The van der Waals surface area contributed by atoms with E-state index < -0.39 is 0 Å². The minimum Gasteiger partial charge on any atom is -0.495 e. The minimum absolute atomic E-state index is 0.0603. The van der Waals surface area contributed by atoms with Crippen molar-refractivity contribution >= 4 is 11.6 Å². The zero-order chi connectivity index (χ0) is 15.5. The molecule has 1 atom stereocenters. The highest BCUT2D eigenvalue weighted by Gasteiger charge is 2.37. The van der Waals surface area contributed by atoms with Crippen LogP contribution in [0.5, 0.6) is 5.75 Å². The molecule has 0 spiro atoms. The largest absolute Gasteiger partial charge is 0.495 e. The summed E-state index contributed by atoms with van der Waals surface area (Å²) < 4.78 is 5.36. The maximum atomic E-state index is 12.6. The maximum Gasteiger partial charge on any atom is 0.228 e. The molecule has 1 aliphatic carbocycles. The molecule has 0 radical (unpaired) electrons. The van der Waals surface area contributed by atoms with Crippen molar-refractivity contribution in [1.29, 1.82) is 0 Å². The van der Waals surface area contributed by atoms with Gasteiger partial charge in [0.25, 0.3) is 0 Å². The molecule has 1 fully saturated rings. The summed E-state index contributed by atoms with van der Waals surface area (Å²) in [7, 11) is 1.61.